The Morgan fingerprint density at radius 1 is 0.912 bits per heavy atom. The fourth-order valence-corrected chi connectivity index (χ4v) is 4.57. The van der Waals surface area contributed by atoms with Crippen LogP contribution in [0.25, 0.3) is 10.9 Å². The van der Waals surface area contributed by atoms with E-state index in [1.807, 2.05) is 60.7 Å². The maximum absolute atomic E-state index is 13.0. The molecule has 0 spiro atoms. The van der Waals surface area contributed by atoms with Gasteiger partial charge in [0.2, 0.25) is 5.88 Å². The van der Waals surface area contributed by atoms with E-state index in [0.717, 1.165) is 42.4 Å². The van der Waals surface area contributed by atoms with Crippen molar-refractivity contribution in [3.8, 4) is 11.6 Å². The molecule has 5 rings (SSSR count). The third-order valence-electron chi connectivity index (χ3n) is 6.05. The first-order valence-electron chi connectivity index (χ1n) is 11.5. The van der Waals surface area contributed by atoms with Crippen LogP contribution in [0.4, 0.5) is 5.82 Å². The largest absolute Gasteiger partial charge is 0.438 e. The van der Waals surface area contributed by atoms with Crippen molar-refractivity contribution in [2.75, 3.05) is 5.32 Å². The number of halogens is 1. The van der Waals surface area contributed by atoms with E-state index in [0.29, 0.717) is 22.2 Å². The van der Waals surface area contributed by atoms with Crippen LogP contribution in [-0.2, 0) is 0 Å². The molecular formula is C27H25ClN4O2. The van der Waals surface area contributed by atoms with Gasteiger partial charge in [-0.25, -0.2) is 9.97 Å². The van der Waals surface area contributed by atoms with E-state index >= 15 is 0 Å². The number of anilines is 1. The Labute approximate surface area is 203 Å². The molecule has 0 saturated heterocycles. The number of amides is 1. The Hall–Kier alpha value is -3.64. The Morgan fingerprint density at radius 2 is 1.65 bits per heavy atom. The minimum atomic E-state index is -0.168. The number of ether oxygens (including phenoxy) is 1. The number of hydrogen-bond donors (Lipinski definition) is 2. The lowest BCUT2D eigenvalue weighted by Gasteiger charge is -2.30. The van der Waals surface area contributed by atoms with E-state index in [1.54, 1.807) is 18.3 Å². The zero-order valence-corrected chi connectivity index (χ0v) is 19.3. The van der Waals surface area contributed by atoms with E-state index < -0.39 is 0 Å². The smallest absolute Gasteiger partial charge is 0.257 e. The second-order valence-electron chi connectivity index (χ2n) is 8.44. The highest BCUT2D eigenvalue weighted by Crippen LogP contribution is 2.28. The summed E-state index contributed by atoms with van der Waals surface area (Å²) >= 11 is 6.44. The molecule has 7 heteroatoms. The monoisotopic (exact) mass is 472 g/mol. The Kier molecular flexibility index (Phi) is 6.58. The van der Waals surface area contributed by atoms with Crippen molar-refractivity contribution in [3.05, 3.63) is 89.6 Å². The van der Waals surface area contributed by atoms with Crippen LogP contribution in [0.3, 0.4) is 0 Å². The van der Waals surface area contributed by atoms with Crippen LogP contribution in [-0.4, -0.2) is 28.0 Å². The standard InChI is InChI=1S/C27H25ClN4O2/c28-23-17-25(32-24-11-5-4-9-21(23)24)30-18-12-14-19(15-13-18)31-26(33)22-10-6-16-29-27(22)34-20-7-2-1-3-8-20/h1-11,16-19H,12-15H2,(H,30,32)(H,31,33)/t18-,19+. The van der Waals surface area contributed by atoms with Crippen molar-refractivity contribution in [1.29, 1.82) is 0 Å². The molecule has 1 saturated carbocycles. The Balaban J connectivity index is 1.18. The summed E-state index contributed by atoms with van der Waals surface area (Å²) in [5.74, 6) is 1.57. The molecule has 2 aromatic carbocycles. The summed E-state index contributed by atoms with van der Waals surface area (Å²) in [6, 6.07) is 23.0. The lowest BCUT2D eigenvalue weighted by molar-refractivity contribution is 0.0923. The minimum Gasteiger partial charge on any atom is -0.438 e. The number of fused-ring (bicyclic) bond motifs is 1. The SMILES string of the molecule is O=C(N[C@H]1CC[C@@H](Nc2cc(Cl)c3ccccc3n2)CC1)c1cccnc1Oc1ccccc1. The van der Waals surface area contributed by atoms with Crippen LogP contribution in [0.1, 0.15) is 36.0 Å². The molecule has 2 aromatic heterocycles. The highest BCUT2D eigenvalue weighted by Gasteiger charge is 2.24. The van der Waals surface area contributed by atoms with E-state index in [9.17, 15) is 4.79 Å². The van der Waals surface area contributed by atoms with Gasteiger partial charge in [0.25, 0.3) is 5.91 Å². The topological polar surface area (TPSA) is 76.1 Å². The average Bonchev–Trinajstić information content (AvgIpc) is 2.86. The molecule has 0 unspecified atom stereocenters. The van der Waals surface area contributed by atoms with Crippen molar-refractivity contribution < 1.29 is 9.53 Å². The summed E-state index contributed by atoms with van der Waals surface area (Å²) in [6.45, 7) is 0. The summed E-state index contributed by atoms with van der Waals surface area (Å²) in [4.78, 5) is 21.9. The van der Waals surface area contributed by atoms with Gasteiger partial charge in [-0.05, 0) is 62.1 Å². The fourth-order valence-electron chi connectivity index (χ4n) is 4.31. The molecule has 1 amide bonds. The van der Waals surface area contributed by atoms with Crippen molar-refractivity contribution in [2.24, 2.45) is 0 Å². The van der Waals surface area contributed by atoms with Crippen LogP contribution >= 0.6 is 11.6 Å². The maximum Gasteiger partial charge on any atom is 0.257 e. The van der Waals surface area contributed by atoms with Gasteiger partial charge in [0, 0.05) is 23.7 Å². The second-order valence-corrected chi connectivity index (χ2v) is 8.85. The van der Waals surface area contributed by atoms with E-state index in [-0.39, 0.29) is 18.0 Å². The first-order valence-corrected chi connectivity index (χ1v) is 11.8. The number of hydrogen-bond acceptors (Lipinski definition) is 5. The number of rotatable bonds is 6. The van der Waals surface area contributed by atoms with Crippen molar-refractivity contribution in [2.45, 2.75) is 37.8 Å². The number of nitrogens with zero attached hydrogens (tertiary/aromatic N) is 2. The Morgan fingerprint density at radius 3 is 2.47 bits per heavy atom. The third-order valence-corrected chi connectivity index (χ3v) is 6.37. The molecule has 34 heavy (non-hydrogen) atoms. The first-order chi connectivity index (χ1) is 16.7. The lowest BCUT2D eigenvalue weighted by atomic mass is 9.91. The van der Waals surface area contributed by atoms with Gasteiger partial charge in [0.1, 0.15) is 17.1 Å². The highest BCUT2D eigenvalue weighted by atomic mass is 35.5. The normalized spacial score (nSPS) is 17.8. The quantitative estimate of drug-likeness (QED) is 0.348. The van der Waals surface area contributed by atoms with Crippen LogP contribution in [0.5, 0.6) is 11.6 Å². The van der Waals surface area contributed by atoms with Gasteiger partial charge >= 0.3 is 0 Å². The first kappa shape index (κ1) is 22.2. The number of nitrogens with one attached hydrogen (secondary N) is 2. The molecule has 6 nitrogen and oxygen atoms in total. The summed E-state index contributed by atoms with van der Waals surface area (Å²) in [5.41, 5.74) is 1.31. The second kappa shape index (κ2) is 10.1. The van der Waals surface area contributed by atoms with Crippen molar-refractivity contribution in [3.63, 3.8) is 0 Å². The van der Waals surface area contributed by atoms with Crippen molar-refractivity contribution >= 4 is 34.2 Å². The van der Waals surface area contributed by atoms with Crippen molar-refractivity contribution in [1.82, 2.24) is 15.3 Å². The molecule has 0 atom stereocenters. The maximum atomic E-state index is 13.0. The summed E-state index contributed by atoms with van der Waals surface area (Å²) in [7, 11) is 0. The van der Waals surface area contributed by atoms with E-state index in [1.165, 1.54) is 0 Å². The number of carbonyl (C=O) groups is 1. The van der Waals surface area contributed by atoms with Gasteiger partial charge in [-0.3, -0.25) is 4.79 Å². The average molecular weight is 473 g/mol. The van der Waals surface area contributed by atoms with E-state index in [2.05, 4.69) is 15.6 Å². The van der Waals surface area contributed by atoms with Crippen LogP contribution in [0.2, 0.25) is 5.02 Å². The fraction of sp³-hybridized carbons (Fsp3) is 0.222. The third kappa shape index (κ3) is 5.13. The van der Waals surface area contributed by atoms with Gasteiger partial charge in [0.05, 0.1) is 10.5 Å². The zero-order valence-electron chi connectivity index (χ0n) is 18.6. The lowest BCUT2D eigenvalue weighted by Crippen LogP contribution is -2.40. The molecule has 1 aliphatic carbocycles. The van der Waals surface area contributed by atoms with Gasteiger partial charge < -0.3 is 15.4 Å². The van der Waals surface area contributed by atoms with Crippen LogP contribution in [0, 0.1) is 0 Å². The van der Waals surface area contributed by atoms with Gasteiger partial charge in [-0.2, -0.15) is 0 Å². The van der Waals surface area contributed by atoms with Gasteiger partial charge in [0.15, 0.2) is 0 Å². The molecule has 0 bridgehead atoms. The predicted molar refractivity (Wildman–Crippen MR) is 135 cm³/mol. The molecule has 2 heterocycles. The molecule has 1 aliphatic rings. The summed E-state index contributed by atoms with van der Waals surface area (Å²) in [6.07, 6.45) is 5.23. The molecular weight excluding hydrogens is 448 g/mol. The van der Waals surface area contributed by atoms with Crippen LogP contribution < -0.4 is 15.4 Å². The number of para-hydroxylation sites is 2. The number of carbonyl (C=O) groups excluding carboxylic acids is 1. The minimum absolute atomic E-state index is 0.100. The van der Waals surface area contributed by atoms with Gasteiger partial charge in [-0.15, -0.1) is 0 Å². The Bertz CT molecular complexity index is 1290. The highest BCUT2D eigenvalue weighted by molar-refractivity contribution is 6.35. The van der Waals surface area contributed by atoms with Gasteiger partial charge in [-0.1, -0.05) is 48.0 Å². The predicted octanol–water partition coefficient (Wildman–Crippen LogP) is 6.23. The van der Waals surface area contributed by atoms with Crippen LogP contribution in [0.15, 0.2) is 79.0 Å². The molecule has 4 aromatic rings. The molecule has 1 fully saturated rings. The summed E-state index contributed by atoms with van der Waals surface area (Å²) in [5, 5.41) is 8.32. The molecule has 172 valence electrons. The molecule has 2 N–H and O–H groups in total. The molecule has 0 aliphatic heterocycles. The molecule has 0 radical (unpaired) electrons. The van der Waals surface area contributed by atoms with E-state index in [4.69, 9.17) is 21.3 Å². The number of aromatic nitrogens is 2. The number of benzene rings is 2. The summed E-state index contributed by atoms with van der Waals surface area (Å²) < 4.78 is 5.84. The number of pyridine rings is 2. The zero-order chi connectivity index (χ0) is 23.3.